The van der Waals surface area contributed by atoms with E-state index >= 15 is 0 Å². The first-order valence-electron chi connectivity index (χ1n) is 9.13. The van der Waals surface area contributed by atoms with Crippen molar-refractivity contribution >= 4 is 29.2 Å². The number of hydrazone groups is 1. The van der Waals surface area contributed by atoms with Crippen LogP contribution in [-0.2, 0) is 6.54 Å². The summed E-state index contributed by atoms with van der Waals surface area (Å²) in [6.07, 6.45) is 2.21. The molecule has 0 spiro atoms. The zero-order chi connectivity index (χ0) is 19.7. The molecule has 28 heavy (non-hydrogen) atoms. The molecule has 0 aliphatic carbocycles. The van der Waals surface area contributed by atoms with E-state index < -0.39 is 11.6 Å². The first kappa shape index (κ1) is 18.8. The Hall–Kier alpha value is -2.58. The van der Waals surface area contributed by atoms with E-state index in [0.717, 1.165) is 19.5 Å². The Balaban J connectivity index is 1.46. The molecule has 3 N–H and O–H groups in total. The summed E-state index contributed by atoms with van der Waals surface area (Å²) in [5.74, 6) is -1.17. The van der Waals surface area contributed by atoms with Crippen molar-refractivity contribution in [3.05, 3.63) is 65.2 Å². The Morgan fingerprint density at radius 3 is 2.50 bits per heavy atom. The minimum atomic E-state index is -0.584. The Bertz CT molecular complexity index is 882. The summed E-state index contributed by atoms with van der Waals surface area (Å²) in [6.45, 7) is 2.30. The lowest BCUT2D eigenvalue weighted by Crippen LogP contribution is -2.46. The number of thiocarbonyl (C=S) groups is 1. The average molecular weight is 401 g/mol. The molecule has 4 rings (SSSR count). The van der Waals surface area contributed by atoms with Gasteiger partial charge in [-0.05, 0) is 36.3 Å². The molecule has 2 atom stereocenters. The number of nitrogens with two attached hydrogens (primary N) is 1. The first-order chi connectivity index (χ1) is 13.5. The molecular weight excluding hydrogens is 380 g/mol. The number of likely N-dealkylation sites (tertiary alicyclic amines) is 1. The minimum Gasteiger partial charge on any atom is -0.375 e. The highest BCUT2D eigenvalue weighted by atomic mass is 32.1. The molecule has 2 heterocycles. The topological polar surface area (TPSA) is 56.9 Å². The number of anilines is 1. The van der Waals surface area contributed by atoms with Crippen molar-refractivity contribution in [1.82, 2.24) is 10.3 Å². The van der Waals surface area contributed by atoms with Crippen LogP contribution in [0.2, 0.25) is 0 Å². The quantitative estimate of drug-likeness (QED) is 0.458. The van der Waals surface area contributed by atoms with Gasteiger partial charge in [0.1, 0.15) is 17.3 Å². The molecule has 2 aliphatic rings. The molecular formula is C20H21F2N5S. The van der Waals surface area contributed by atoms with Gasteiger partial charge in [0.05, 0.1) is 6.21 Å². The van der Waals surface area contributed by atoms with Crippen molar-refractivity contribution in [2.45, 2.75) is 25.0 Å². The lowest BCUT2D eigenvalue weighted by molar-refractivity contribution is 0.229. The smallest absolute Gasteiger partial charge is 0.184 e. The molecule has 0 saturated carbocycles. The summed E-state index contributed by atoms with van der Waals surface area (Å²) in [5, 5.41) is 3.73. The van der Waals surface area contributed by atoms with Gasteiger partial charge in [-0.15, -0.1) is 0 Å². The first-order valence-corrected chi connectivity index (χ1v) is 9.54. The predicted octanol–water partition coefficient (Wildman–Crippen LogP) is 2.60. The van der Waals surface area contributed by atoms with E-state index in [1.54, 1.807) is 0 Å². The molecule has 8 heteroatoms. The monoisotopic (exact) mass is 401 g/mol. The van der Waals surface area contributed by atoms with Gasteiger partial charge in [0, 0.05) is 37.3 Å². The van der Waals surface area contributed by atoms with Crippen LogP contribution in [0.25, 0.3) is 0 Å². The Kier molecular flexibility index (Phi) is 5.23. The zero-order valence-electron chi connectivity index (χ0n) is 15.2. The molecule has 0 radical (unpaired) electrons. The van der Waals surface area contributed by atoms with Crippen LogP contribution < -0.4 is 16.1 Å². The van der Waals surface area contributed by atoms with Gasteiger partial charge in [0.15, 0.2) is 5.11 Å². The fourth-order valence-corrected chi connectivity index (χ4v) is 4.19. The highest BCUT2D eigenvalue weighted by Crippen LogP contribution is 2.38. The number of hydrogen-bond acceptors (Lipinski definition) is 4. The summed E-state index contributed by atoms with van der Waals surface area (Å²) in [4.78, 5) is 4.26. The predicted molar refractivity (Wildman–Crippen MR) is 110 cm³/mol. The number of piperazine rings is 1. The number of fused-ring (bicyclic) bond motifs is 2. The van der Waals surface area contributed by atoms with Crippen LogP contribution in [0.1, 0.15) is 17.5 Å². The van der Waals surface area contributed by atoms with Crippen LogP contribution in [-0.4, -0.2) is 41.4 Å². The van der Waals surface area contributed by atoms with E-state index in [0.29, 0.717) is 18.2 Å². The van der Waals surface area contributed by atoms with E-state index in [-0.39, 0.29) is 16.8 Å². The normalized spacial score (nSPS) is 21.6. The van der Waals surface area contributed by atoms with Crippen molar-refractivity contribution in [3.8, 4) is 0 Å². The third-order valence-electron chi connectivity index (χ3n) is 5.30. The average Bonchev–Trinajstić information content (AvgIpc) is 3.22. The number of nitrogens with one attached hydrogen (secondary N) is 1. The van der Waals surface area contributed by atoms with E-state index in [1.165, 1.54) is 23.9 Å². The SMILES string of the molecule is NC(=S)NN=Cc1cc(F)c(N2CC3CC2CN3Cc2ccccc2)c(F)c1. The molecule has 2 bridgehead atoms. The van der Waals surface area contributed by atoms with E-state index in [2.05, 4.69) is 39.8 Å². The molecule has 0 amide bonds. The lowest BCUT2D eigenvalue weighted by Gasteiger charge is -2.36. The molecule has 5 nitrogen and oxygen atoms in total. The highest BCUT2D eigenvalue weighted by molar-refractivity contribution is 7.80. The van der Waals surface area contributed by atoms with E-state index in [1.807, 2.05) is 23.1 Å². The Morgan fingerprint density at radius 2 is 1.89 bits per heavy atom. The van der Waals surface area contributed by atoms with Crippen molar-refractivity contribution < 1.29 is 8.78 Å². The maximum Gasteiger partial charge on any atom is 0.184 e. The van der Waals surface area contributed by atoms with Gasteiger partial charge in [-0.2, -0.15) is 5.10 Å². The van der Waals surface area contributed by atoms with Gasteiger partial charge in [0.25, 0.3) is 0 Å². The van der Waals surface area contributed by atoms with Gasteiger partial charge in [-0.1, -0.05) is 30.3 Å². The molecule has 2 aromatic carbocycles. The van der Waals surface area contributed by atoms with Crippen molar-refractivity contribution in [3.63, 3.8) is 0 Å². The summed E-state index contributed by atoms with van der Waals surface area (Å²) >= 11 is 4.63. The molecule has 2 saturated heterocycles. The second kappa shape index (κ2) is 7.81. The summed E-state index contributed by atoms with van der Waals surface area (Å²) in [5.41, 5.74) is 9.24. The number of benzene rings is 2. The van der Waals surface area contributed by atoms with Crippen LogP contribution in [0.5, 0.6) is 0 Å². The highest BCUT2D eigenvalue weighted by Gasteiger charge is 2.44. The second-order valence-corrected chi connectivity index (χ2v) is 7.62. The maximum atomic E-state index is 14.7. The molecule has 2 unspecified atom stereocenters. The standard InChI is InChI=1S/C20H21F2N5S/c21-17-6-14(9-24-25-20(23)28)7-18(22)19(17)27-12-15-8-16(27)11-26(15)10-13-4-2-1-3-5-13/h1-7,9,15-16H,8,10-12H2,(H3,23,25,28). The van der Waals surface area contributed by atoms with Crippen LogP contribution in [0.4, 0.5) is 14.5 Å². The number of hydrogen-bond donors (Lipinski definition) is 2. The molecule has 146 valence electrons. The fourth-order valence-electron chi connectivity index (χ4n) is 4.14. The summed E-state index contributed by atoms with van der Waals surface area (Å²) in [6, 6.07) is 13.2. The number of rotatable bonds is 5. The lowest BCUT2D eigenvalue weighted by atomic mass is 10.1. The number of nitrogens with zero attached hydrogens (tertiary/aromatic N) is 3. The minimum absolute atomic E-state index is 0.0121. The van der Waals surface area contributed by atoms with Gasteiger partial charge in [-0.3, -0.25) is 10.3 Å². The van der Waals surface area contributed by atoms with Crippen molar-refractivity contribution in [1.29, 1.82) is 0 Å². The van der Waals surface area contributed by atoms with Crippen LogP contribution in [0, 0.1) is 11.6 Å². The van der Waals surface area contributed by atoms with Crippen molar-refractivity contribution in [2.75, 3.05) is 18.0 Å². The van der Waals surface area contributed by atoms with E-state index in [4.69, 9.17) is 5.73 Å². The summed E-state index contributed by atoms with van der Waals surface area (Å²) < 4.78 is 29.4. The third kappa shape index (κ3) is 3.83. The van der Waals surface area contributed by atoms with Gasteiger partial charge < -0.3 is 10.6 Å². The fraction of sp³-hybridized carbons (Fsp3) is 0.300. The molecule has 2 fully saturated rings. The molecule has 2 aromatic rings. The Morgan fingerprint density at radius 1 is 1.18 bits per heavy atom. The largest absolute Gasteiger partial charge is 0.375 e. The molecule has 0 aromatic heterocycles. The van der Waals surface area contributed by atoms with Crippen LogP contribution >= 0.6 is 12.2 Å². The van der Waals surface area contributed by atoms with Gasteiger partial charge in [-0.25, -0.2) is 8.78 Å². The summed E-state index contributed by atoms with van der Waals surface area (Å²) in [7, 11) is 0. The molecule has 2 aliphatic heterocycles. The number of halogens is 2. The van der Waals surface area contributed by atoms with Crippen molar-refractivity contribution in [2.24, 2.45) is 10.8 Å². The third-order valence-corrected chi connectivity index (χ3v) is 5.39. The second-order valence-electron chi connectivity index (χ2n) is 7.18. The van der Waals surface area contributed by atoms with E-state index in [9.17, 15) is 8.78 Å². The zero-order valence-corrected chi connectivity index (χ0v) is 16.0. The van der Waals surface area contributed by atoms with Gasteiger partial charge in [0.2, 0.25) is 0 Å². The Labute approximate surface area is 167 Å². The van der Waals surface area contributed by atoms with Crippen LogP contribution in [0.3, 0.4) is 0 Å². The maximum absolute atomic E-state index is 14.7. The van der Waals surface area contributed by atoms with Gasteiger partial charge >= 0.3 is 0 Å². The van der Waals surface area contributed by atoms with Crippen LogP contribution in [0.15, 0.2) is 47.6 Å².